The highest BCUT2D eigenvalue weighted by Gasteiger charge is 2.20. The summed E-state index contributed by atoms with van der Waals surface area (Å²) in [6.45, 7) is 0.421. The average Bonchev–Trinajstić information content (AvgIpc) is 3.08. The van der Waals surface area contributed by atoms with Crippen LogP contribution in [0, 0.1) is 0 Å². The van der Waals surface area contributed by atoms with Crippen LogP contribution in [0.25, 0.3) is 0 Å². The van der Waals surface area contributed by atoms with Crippen molar-refractivity contribution in [1.29, 1.82) is 0 Å². The number of hydrogen-bond donors (Lipinski definition) is 1. The van der Waals surface area contributed by atoms with Crippen LogP contribution in [0.2, 0.25) is 9.36 Å². The van der Waals surface area contributed by atoms with E-state index in [1.54, 1.807) is 16.9 Å². The Morgan fingerprint density at radius 3 is 2.62 bits per heavy atom. The molecule has 3 rings (SSSR count). The van der Waals surface area contributed by atoms with Crippen LogP contribution in [0.3, 0.4) is 0 Å². The fourth-order valence-corrected chi connectivity index (χ4v) is 5.21. The first-order chi connectivity index (χ1) is 11.3. The minimum absolute atomic E-state index is 0.125. The van der Waals surface area contributed by atoms with Gasteiger partial charge in [0.25, 0.3) is 10.0 Å². The highest BCUT2D eigenvalue weighted by Crippen LogP contribution is 2.29. The molecule has 3 aromatic rings. The Labute approximate surface area is 161 Å². The number of benzene rings is 1. The number of thiophene rings is 1. The molecule has 1 N–H and O–H groups in total. The lowest BCUT2D eigenvalue weighted by atomic mass is 10.2. The van der Waals surface area contributed by atoms with Crippen LogP contribution in [0.1, 0.15) is 5.56 Å². The van der Waals surface area contributed by atoms with E-state index < -0.39 is 10.0 Å². The molecule has 5 nitrogen and oxygen atoms in total. The van der Waals surface area contributed by atoms with Gasteiger partial charge in [-0.3, -0.25) is 9.40 Å². The Bertz CT molecular complexity index is 986. The average molecular weight is 467 g/mol. The summed E-state index contributed by atoms with van der Waals surface area (Å²) in [5.41, 5.74) is 0.883. The molecule has 0 amide bonds. The second-order valence-corrected chi connectivity index (χ2v) is 9.66. The summed E-state index contributed by atoms with van der Waals surface area (Å²) < 4.78 is 29.8. The number of nitrogens with zero attached hydrogens (tertiary/aromatic N) is 2. The van der Waals surface area contributed by atoms with E-state index in [9.17, 15) is 8.42 Å². The third kappa shape index (κ3) is 3.94. The Hall–Kier alpha value is -1.06. The summed E-state index contributed by atoms with van der Waals surface area (Å²) in [5.74, 6) is 0.201. The zero-order valence-corrected chi connectivity index (χ0v) is 16.6. The molecule has 0 bridgehead atoms. The quantitative estimate of drug-likeness (QED) is 0.583. The summed E-state index contributed by atoms with van der Waals surface area (Å²) in [4.78, 5) is 0. The summed E-state index contributed by atoms with van der Waals surface area (Å²) in [6, 6.07) is 10.4. The van der Waals surface area contributed by atoms with E-state index in [-0.39, 0.29) is 10.0 Å². The van der Waals surface area contributed by atoms with E-state index in [1.165, 1.54) is 12.1 Å². The predicted octanol–water partition coefficient (Wildman–Crippen LogP) is 4.86. The van der Waals surface area contributed by atoms with Crippen LogP contribution in [-0.4, -0.2) is 18.2 Å². The van der Waals surface area contributed by atoms with Crippen molar-refractivity contribution in [2.45, 2.75) is 10.8 Å². The minimum Gasteiger partial charge on any atom is -0.265 e. The van der Waals surface area contributed by atoms with Crippen molar-refractivity contribution < 1.29 is 8.42 Å². The predicted molar refractivity (Wildman–Crippen MR) is 101 cm³/mol. The number of hydrogen-bond acceptors (Lipinski definition) is 4. The Balaban J connectivity index is 1.83. The number of anilines is 1. The molecule has 0 aliphatic rings. The fourth-order valence-electron chi connectivity index (χ4n) is 1.97. The van der Waals surface area contributed by atoms with Gasteiger partial charge in [-0.2, -0.15) is 5.10 Å². The first kappa shape index (κ1) is 17.8. The number of nitrogens with one attached hydrogen (secondary N) is 1. The molecule has 126 valence electrons. The number of rotatable bonds is 5. The lowest BCUT2D eigenvalue weighted by Crippen LogP contribution is -2.12. The molecular formula is C14H10BrCl2N3O2S2. The minimum atomic E-state index is -3.73. The monoisotopic (exact) mass is 465 g/mol. The summed E-state index contributed by atoms with van der Waals surface area (Å²) in [7, 11) is -3.73. The van der Waals surface area contributed by atoms with E-state index in [0.29, 0.717) is 20.4 Å². The van der Waals surface area contributed by atoms with Gasteiger partial charge in [0.15, 0.2) is 5.82 Å². The maximum atomic E-state index is 12.3. The van der Waals surface area contributed by atoms with Crippen LogP contribution >= 0.6 is 50.5 Å². The smallest absolute Gasteiger partial charge is 0.265 e. The van der Waals surface area contributed by atoms with Crippen molar-refractivity contribution in [2.24, 2.45) is 0 Å². The largest absolute Gasteiger partial charge is 0.272 e. The number of halogens is 3. The molecule has 0 aliphatic carbocycles. The van der Waals surface area contributed by atoms with Crippen molar-refractivity contribution in [3.63, 3.8) is 0 Å². The van der Waals surface area contributed by atoms with Crippen molar-refractivity contribution >= 4 is 66.3 Å². The molecule has 1 aromatic carbocycles. The van der Waals surface area contributed by atoms with E-state index in [0.717, 1.165) is 16.9 Å². The molecule has 0 saturated heterocycles. The number of aromatic nitrogens is 2. The van der Waals surface area contributed by atoms with E-state index in [4.69, 9.17) is 23.2 Å². The van der Waals surface area contributed by atoms with Gasteiger partial charge in [0, 0.05) is 11.2 Å². The van der Waals surface area contributed by atoms with Gasteiger partial charge in [-0.25, -0.2) is 8.42 Å². The van der Waals surface area contributed by atoms with E-state index >= 15 is 0 Å². The highest BCUT2D eigenvalue weighted by molar-refractivity contribution is 9.10. The summed E-state index contributed by atoms with van der Waals surface area (Å²) >= 11 is 16.2. The van der Waals surface area contributed by atoms with E-state index in [2.05, 4.69) is 25.8 Å². The second kappa shape index (κ2) is 7.05. The van der Waals surface area contributed by atoms with Crippen molar-refractivity contribution in [3.05, 3.63) is 62.0 Å². The topological polar surface area (TPSA) is 64.0 Å². The standard InChI is InChI=1S/C14H10BrCl2N3O2S2/c15-10-8-20(7-9-3-1-2-4-11(9)16)18-14(10)19-24(21,22)13-6-5-12(17)23-13/h1-6,8H,7H2,(H,18,19). The van der Waals surface area contributed by atoms with Crippen LogP contribution in [-0.2, 0) is 16.6 Å². The third-order valence-corrected chi connectivity index (χ3v) is 7.06. The van der Waals surface area contributed by atoms with Crippen LogP contribution in [0.5, 0.6) is 0 Å². The van der Waals surface area contributed by atoms with Crippen molar-refractivity contribution in [2.75, 3.05) is 4.72 Å². The molecule has 0 unspecified atom stereocenters. The molecule has 0 aliphatic heterocycles. The van der Waals surface area contributed by atoms with Gasteiger partial charge in [-0.05, 0) is 39.7 Å². The van der Waals surface area contributed by atoms with Gasteiger partial charge < -0.3 is 0 Å². The van der Waals surface area contributed by atoms with Gasteiger partial charge in [0.2, 0.25) is 0 Å². The van der Waals surface area contributed by atoms with Crippen molar-refractivity contribution in [1.82, 2.24) is 9.78 Å². The molecule has 0 saturated carbocycles. The van der Waals surface area contributed by atoms with Crippen LogP contribution in [0.4, 0.5) is 5.82 Å². The molecule has 2 aromatic heterocycles. The molecule has 10 heteroatoms. The maximum absolute atomic E-state index is 12.3. The first-order valence-corrected chi connectivity index (χ1v) is 10.4. The van der Waals surface area contributed by atoms with E-state index in [1.807, 2.05) is 18.2 Å². The molecular weight excluding hydrogens is 457 g/mol. The summed E-state index contributed by atoms with van der Waals surface area (Å²) in [6.07, 6.45) is 1.68. The van der Waals surface area contributed by atoms with Gasteiger partial charge >= 0.3 is 0 Å². The lowest BCUT2D eigenvalue weighted by Gasteiger charge is -2.05. The Kier molecular flexibility index (Phi) is 5.22. The molecule has 24 heavy (non-hydrogen) atoms. The first-order valence-electron chi connectivity index (χ1n) is 6.60. The second-order valence-electron chi connectivity index (χ2n) is 4.78. The molecule has 2 heterocycles. The van der Waals surface area contributed by atoms with Crippen LogP contribution < -0.4 is 4.72 Å². The molecule has 0 atom stereocenters. The van der Waals surface area contributed by atoms with Crippen molar-refractivity contribution in [3.8, 4) is 0 Å². The molecule has 0 fully saturated rings. The van der Waals surface area contributed by atoms with Gasteiger partial charge in [-0.1, -0.05) is 41.4 Å². The SMILES string of the molecule is O=S(=O)(Nc1nn(Cc2ccccc2Cl)cc1Br)c1ccc(Cl)s1. The lowest BCUT2D eigenvalue weighted by molar-refractivity contribution is 0.602. The van der Waals surface area contributed by atoms with Gasteiger partial charge in [0.1, 0.15) is 4.21 Å². The normalized spacial score (nSPS) is 11.6. The zero-order valence-electron chi connectivity index (χ0n) is 11.9. The van der Waals surface area contributed by atoms with Gasteiger partial charge in [-0.15, -0.1) is 11.3 Å². The van der Waals surface area contributed by atoms with Crippen LogP contribution in [0.15, 0.2) is 51.3 Å². The third-order valence-electron chi connectivity index (χ3n) is 3.05. The highest BCUT2D eigenvalue weighted by atomic mass is 79.9. The maximum Gasteiger partial charge on any atom is 0.272 e. The fraction of sp³-hybridized carbons (Fsp3) is 0.0714. The Morgan fingerprint density at radius 1 is 1.21 bits per heavy atom. The molecule has 0 spiro atoms. The van der Waals surface area contributed by atoms with Gasteiger partial charge in [0.05, 0.1) is 15.4 Å². The summed E-state index contributed by atoms with van der Waals surface area (Å²) in [5, 5.41) is 4.88. The zero-order chi connectivity index (χ0) is 17.3. The molecule has 0 radical (unpaired) electrons. The Morgan fingerprint density at radius 2 is 1.96 bits per heavy atom. The number of sulfonamides is 1.